The molecule has 1 aromatic heterocycles. The number of carbonyl (C=O) groups is 2. The van der Waals surface area contributed by atoms with E-state index in [0.717, 1.165) is 60.9 Å². The molecule has 4 rings (SSSR count). The molecular formula is C30H37N2O5S+. The average molecular weight is 538 g/mol. The number of pyridine rings is 1. The van der Waals surface area contributed by atoms with Crippen LogP contribution in [0, 0.1) is 0 Å². The number of ketones is 2. The summed E-state index contributed by atoms with van der Waals surface area (Å²) in [5.41, 5.74) is 3.36. The first kappa shape index (κ1) is 27.9. The highest BCUT2D eigenvalue weighted by atomic mass is 32.2. The van der Waals surface area contributed by atoms with Crippen LogP contribution in [-0.4, -0.2) is 43.4 Å². The van der Waals surface area contributed by atoms with Crippen LogP contribution in [-0.2, 0) is 26.3 Å². The minimum atomic E-state index is -4.03. The maximum Gasteiger partial charge on any atom is 0.265 e. The number of unbranched alkanes of at least 4 members (excludes halogenated alkanes) is 2. The zero-order chi connectivity index (χ0) is 27.3. The van der Waals surface area contributed by atoms with Crippen molar-refractivity contribution in [1.82, 2.24) is 0 Å². The van der Waals surface area contributed by atoms with Gasteiger partial charge >= 0.3 is 0 Å². The highest BCUT2D eigenvalue weighted by Crippen LogP contribution is 2.43. The van der Waals surface area contributed by atoms with Crippen LogP contribution in [0.3, 0.4) is 0 Å². The molecule has 0 unspecified atom stereocenters. The maximum absolute atomic E-state index is 13.4. The van der Waals surface area contributed by atoms with Crippen molar-refractivity contribution in [2.45, 2.75) is 64.3 Å². The predicted octanol–water partition coefficient (Wildman–Crippen LogP) is 4.83. The van der Waals surface area contributed by atoms with Crippen molar-refractivity contribution < 1.29 is 27.1 Å². The second-order valence-electron chi connectivity index (χ2n) is 10.1. The summed E-state index contributed by atoms with van der Waals surface area (Å²) in [6.45, 7) is 6.75. The van der Waals surface area contributed by atoms with E-state index in [1.807, 2.05) is 53.1 Å². The number of benzene rings is 2. The molecule has 2 aromatic carbocycles. The number of hydrogen-bond donors (Lipinski definition) is 1. The van der Waals surface area contributed by atoms with E-state index in [-0.39, 0.29) is 23.7 Å². The molecule has 202 valence electrons. The van der Waals surface area contributed by atoms with Crippen molar-refractivity contribution >= 4 is 38.3 Å². The monoisotopic (exact) mass is 537 g/mol. The topological polar surface area (TPSA) is 95.6 Å². The summed E-state index contributed by atoms with van der Waals surface area (Å²) in [4.78, 5) is 29.1. The number of fused-ring (bicyclic) bond motifs is 1. The summed E-state index contributed by atoms with van der Waals surface area (Å²) < 4.78 is 33.1. The number of rotatable bonds is 13. The molecule has 0 spiro atoms. The van der Waals surface area contributed by atoms with Gasteiger partial charge in [-0.05, 0) is 42.2 Å². The second kappa shape index (κ2) is 12.2. The van der Waals surface area contributed by atoms with Crippen LogP contribution in [0.5, 0.6) is 0 Å². The Labute approximate surface area is 225 Å². The van der Waals surface area contributed by atoms with Gasteiger partial charge in [0, 0.05) is 37.3 Å². The van der Waals surface area contributed by atoms with Crippen molar-refractivity contribution in [3.63, 3.8) is 0 Å². The predicted molar refractivity (Wildman–Crippen MR) is 149 cm³/mol. The van der Waals surface area contributed by atoms with Crippen LogP contribution in [0.4, 0.5) is 5.69 Å². The fourth-order valence-electron chi connectivity index (χ4n) is 5.27. The molecule has 0 saturated heterocycles. The lowest BCUT2D eigenvalue weighted by Gasteiger charge is -2.33. The fourth-order valence-corrected chi connectivity index (χ4v) is 5.76. The van der Waals surface area contributed by atoms with Gasteiger partial charge in [-0.25, -0.2) is 0 Å². The van der Waals surface area contributed by atoms with Gasteiger partial charge in [0.25, 0.3) is 10.1 Å². The Morgan fingerprint density at radius 1 is 0.842 bits per heavy atom. The summed E-state index contributed by atoms with van der Waals surface area (Å²) in [5, 5.41) is 0.796. The van der Waals surface area contributed by atoms with Gasteiger partial charge in [-0.15, -0.1) is 0 Å². The molecule has 38 heavy (non-hydrogen) atoms. The van der Waals surface area contributed by atoms with Gasteiger partial charge in [0.15, 0.2) is 17.8 Å². The molecule has 7 nitrogen and oxygen atoms in total. The first-order valence-corrected chi connectivity index (χ1v) is 15.1. The third-order valence-electron chi connectivity index (χ3n) is 7.36. The SMILES string of the molecule is CCCCN(CCCC)c1ccc(C2C(=O)C(c3cc[n+](CCCS(=O)(=O)O)c4ccccc34)C2=O)cc1. The normalized spacial score (nSPS) is 17.6. The number of nitrogens with zero attached hydrogens (tertiary/aromatic N) is 2. The molecule has 0 radical (unpaired) electrons. The third kappa shape index (κ3) is 6.13. The van der Waals surface area contributed by atoms with Crippen LogP contribution >= 0.6 is 0 Å². The van der Waals surface area contributed by atoms with Crippen molar-refractivity contribution in [1.29, 1.82) is 0 Å². The molecule has 1 heterocycles. The van der Waals surface area contributed by atoms with Crippen LogP contribution in [0.1, 0.15) is 68.9 Å². The van der Waals surface area contributed by atoms with Gasteiger partial charge in [-0.3, -0.25) is 14.1 Å². The summed E-state index contributed by atoms with van der Waals surface area (Å²) in [6, 6.07) is 17.2. The Morgan fingerprint density at radius 2 is 1.47 bits per heavy atom. The van der Waals surface area contributed by atoms with Crippen molar-refractivity contribution in [2.75, 3.05) is 23.7 Å². The van der Waals surface area contributed by atoms with E-state index in [0.29, 0.717) is 12.1 Å². The lowest BCUT2D eigenvalue weighted by atomic mass is 9.65. The fraction of sp³-hybridized carbons (Fsp3) is 0.433. The molecule has 3 aromatic rings. The van der Waals surface area contributed by atoms with Crippen molar-refractivity contribution in [2.24, 2.45) is 0 Å². The van der Waals surface area contributed by atoms with Crippen LogP contribution in [0.25, 0.3) is 10.9 Å². The van der Waals surface area contributed by atoms with Crippen LogP contribution < -0.4 is 9.47 Å². The molecule has 0 atom stereocenters. The number of aromatic nitrogens is 1. The van der Waals surface area contributed by atoms with E-state index < -0.39 is 22.0 Å². The minimum absolute atomic E-state index is 0.0918. The number of hydrogen-bond acceptors (Lipinski definition) is 5. The highest BCUT2D eigenvalue weighted by Gasteiger charge is 2.51. The molecule has 1 aliphatic rings. The summed E-state index contributed by atoms with van der Waals surface area (Å²) >= 11 is 0. The van der Waals surface area contributed by atoms with E-state index in [4.69, 9.17) is 4.55 Å². The molecule has 0 aliphatic heterocycles. The van der Waals surface area contributed by atoms with E-state index >= 15 is 0 Å². The molecular weight excluding hydrogens is 500 g/mol. The van der Waals surface area contributed by atoms with E-state index in [1.54, 1.807) is 12.3 Å². The zero-order valence-corrected chi connectivity index (χ0v) is 23.0. The Morgan fingerprint density at radius 3 is 2.08 bits per heavy atom. The van der Waals surface area contributed by atoms with Gasteiger partial charge < -0.3 is 4.90 Å². The summed E-state index contributed by atoms with van der Waals surface area (Å²) in [7, 11) is -4.03. The molecule has 1 saturated carbocycles. The zero-order valence-electron chi connectivity index (χ0n) is 22.2. The first-order valence-electron chi connectivity index (χ1n) is 13.5. The molecule has 8 heteroatoms. The highest BCUT2D eigenvalue weighted by molar-refractivity contribution is 7.85. The van der Waals surface area contributed by atoms with Gasteiger partial charge in [0.1, 0.15) is 18.4 Å². The van der Waals surface area contributed by atoms with E-state index in [1.165, 1.54) is 0 Å². The average Bonchev–Trinajstić information content (AvgIpc) is 2.90. The van der Waals surface area contributed by atoms with E-state index in [2.05, 4.69) is 18.7 Å². The van der Waals surface area contributed by atoms with Gasteiger partial charge in [0.05, 0.1) is 11.1 Å². The largest absolute Gasteiger partial charge is 0.372 e. The first-order chi connectivity index (χ1) is 18.2. The van der Waals surface area contributed by atoms with Crippen molar-refractivity contribution in [3.05, 3.63) is 71.9 Å². The summed E-state index contributed by atoms with van der Waals surface area (Å²) in [6.07, 6.45) is 6.54. The minimum Gasteiger partial charge on any atom is -0.372 e. The molecule has 1 aliphatic carbocycles. The quantitative estimate of drug-likeness (QED) is 0.191. The molecule has 0 bridgehead atoms. The third-order valence-corrected chi connectivity index (χ3v) is 8.17. The lowest BCUT2D eigenvalue weighted by Crippen LogP contribution is -2.45. The van der Waals surface area contributed by atoms with Gasteiger partial charge in [0.2, 0.25) is 5.52 Å². The number of para-hydroxylation sites is 1. The van der Waals surface area contributed by atoms with E-state index in [9.17, 15) is 18.0 Å². The van der Waals surface area contributed by atoms with Gasteiger partial charge in [-0.2, -0.15) is 13.0 Å². The Hall–Kier alpha value is -3.10. The smallest absolute Gasteiger partial charge is 0.265 e. The second-order valence-corrected chi connectivity index (χ2v) is 11.6. The van der Waals surface area contributed by atoms with Crippen LogP contribution in [0.15, 0.2) is 60.8 Å². The Bertz CT molecular complexity index is 1380. The lowest BCUT2D eigenvalue weighted by molar-refractivity contribution is -0.671. The molecule has 1 N–H and O–H groups in total. The number of Topliss-reactive ketones (excluding diaryl/α,β-unsaturated/α-hetero) is 2. The Balaban J connectivity index is 1.53. The number of anilines is 1. The van der Waals surface area contributed by atoms with Crippen LogP contribution in [0.2, 0.25) is 0 Å². The standard InChI is InChI=1S/C30H36N2O5S/c1-3-5-17-31(18-6-4-2)23-14-12-22(13-15-23)27-29(33)28(30(27)34)25-16-20-32(19-9-21-38(35,36)37)26-11-8-7-10-24(25)26/h7-8,10-16,20,27-28H,3-6,9,17-19,21H2,1-2H3/p+1. The number of carbonyl (C=O) groups excluding carboxylic acids is 2. The summed E-state index contributed by atoms with van der Waals surface area (Å²) in [5.74, 6) is -2.06. The van der Waals surface area contributed by atoms with Gasteiger partial charge in [-0.1, -0.05) is 51.0 Å². The maximum atomic E-state index is 13.4. The number of aryl methyl sites for hydroxylation is 1. The molecule has 1 fully saturated rings. The molecule has 0 amide bonds. The van der Waals surface area contributed by atoms with Crippen molar-refractivity contribution in [3.8, 4) is 0 Å². The Kier molecular flexibility index (Phi) is 8.95.